The molecule has 0 saturated heterocycles. The molecule has 0 radical (unpaired) electrons. The quantitative estimate of drug-likeness (QED) is 0.781. The first-order chi connectivity index (χ1) is 7.93. The SMILES string of the molecule is CCCCCC(O)Cc1nc(C(C)(C)C)cs1. The molecule has 0 amide bonds. The van der Waals surface area contributed by atoms with E-state index in [1.54, 1.807) is 11.3 Å². The third-order valence-corrected chi connectivity index (χ3v) is 3.74. The molecule has 0 aromatic carbocycles. The zero-order valence-electron chi connectivity index (χ0n) is 11.5. The summed E-state index contributed by atoms with van der Waals surface area (Å²) in [4.78, 5) is 4.61. The van der Waals surface area contributed by atoms with Crippen LogP contribution in [0.1, 0.15) is 64.1 Å². The van der Waals surface area contributed by atoms with Crippen molar-refractivity contribution < 1.29 is 5.11 Å². The van der Waals surface area contributed by atoms with E-state index in [1.807, 2.05) is 0 Å². The number of thiazole rings is 1. The fraction of sp³-hybridized carbons (Fsp3) is 0.786. The van der Waals surface area contributed by atoms with Gasteiger partial charge in [0.1, 0.15) is 0 Å². The molecule has 1 heterocycles. The highest BCUT2D eigenvalue weighted by Gasteiger charge is 2.18. The van der Waals surface area contributed by atoms with E-state index in [0.29, 0.717) is 6.42 Å². The molecule has 1 atom stereocenters. The van der Waals surface area contributed by atoms with Gasteiger partial charge in [-0.05, 0) is 6.42 Å². The minimum Gasteiger partial charge on any atom is -0.393 e. The van der Waals surface area contributed by atoms with Crippen molar-refractivity contribution in [1.82, 2.24) is 4.98 Å². The van der Waals surface area contributed by atoms with E-state index in [1.165, 1.54) is 12.8 Å². The molecular weight excluding hydrogens is 230 g/mol. The number of aliphatic hydroxyl groups is 1. The highest BCUT2D eigenvalue weighted by atomic mass is 32.1. The molecular formula is C14H25NOS. The molecule has 0 aliphatic carbocycles. The maximum Gasteiger partial charge on any atom is 0.0954 e. The zero-order valence-corrected chi connectivity index (χ0v) is 12.3. The van der Waals surface area contributed by atoms with Crippen molar-refractivity contribution in [3.8, 4) is 0 Å². The van der Waals surface area contributed by atoms with Crippen LogP contribution in [0, 0.1) is 0 Å². The van der Waals surface area contributed by atoms with E-state index in [0.717, 1.165) is 23.5 Å². The van der Waals surface area contributed by atoms with Gasteiger partial charge in [-0.1, -0.05) is 47.0 Å². The normalized spacial score (nSPS) is 13.9. The number of nitrogens with zero attached hydrogens (tertiary/aromatic N) is 1. The van der Waals surface area contributed by atoms with Gasteiger partial charge in [-0.3, -0.25) is 0 Å². The van der Waals surface area contributed by atoms with Gasteiger partial charge in [-0.25, -0.2) is 4.98 Å². The summed E-state index contributed by atoms with van der Waals surface area (Å²) in [6.45, 7) is 8.69. The summed E-state index contributed by atoms with van der Waals surface area (Å²) in [5, 5.41) is 13.1. The monoisotopic (exact) mass is 255 g/mol. The van der Waals surface area contributed by atoms with Gasteiger partial charge in [0.25, 0.3) is 0 Å². The van der Waals surface area contributed by atoms with Gasteiger partial charge >= 0.3 is 0 Å². The summed E-state index contributed by atoms with van der Waals surface area (Å²) >= 11 is 1.67. The van der Waals surface area contributed by atoms with Gasteiger partial charge in [0.15, 0.2) is 0 Å². The lowest BCUT2D eigenvalue weighted by molar-refractivity contribution is 0.161. The van der Waals surface area contributed by atoms with Crippen LogP contribution in [0.4, 0.5) is 0 Å². The van der Waals surface area contributed by atoms with Crippen LogP contribution in [-0.4, -0.2) is 16.2 Å². The lowest BCUT2D eigenvalue weighted by Gasteiger charge is -2.14. The average Bonchev–Trinajstić information content (AvgIpc) is 2.66. The second-order valence-corrected chi connectivity index (χ2v) is 6.67. The number of aromatic nitrogens is 1. The van der Waals surface area contributed by atoms with Crippen molar-refractivity contribution in [1.29, 1.82) is 0 Å². The molecule has 0 spiro atoms. The molecule has 98 valence electrons. The van der Waals surface area contributed by atoms with Crippen LogP contribution in [0.15, 0.2) is 5.38 Å². The van der Waals surface area contributed by atoms with E-state index in [9.17, 15) is 5.11 Å². The van der Waals surface area contributed by atoms with Crippen LogP contribution in [0.5, 0.6) is 0 Å². The Hall–Kier alpha value is -0.410. The number of aliphatic hydroxyl groups excluding tert-OH is 1. The third kappa shape index (κ3) is 5.17. The van der Waals surface area contributed by atoms with Gasteiger partial charge in [0.05, 0.1) is 16.8 Å². The maximum atomic E-state index is 9.91. The second-order valence-electron chi connectivity index (χ2n) is 5.73. The van der Waals surface area contributed by atoms with Crippen molar-refractivity contribution in [3.05, 3.63) is 16.1 Å². The number of rotatable bonds is 6. The van der Waals surface area contributed by atoms with Crippen LogP contribution in [-0.2, 0) is 11.8 Å². The Morgan fingerprint density at radius 3 is 2.59 bits per heavy atom. The molecule has 0 bridgehead atoms. The Balaban J connectivity index is 2.43. The van der Waals surface area contributed by atoms with Crippen LogP contribution in [0.25, 0.3) is 0 Å². The molecule has 0 saturated carbocycles. The molecule has 17 heavy (non-hydrogen) atoms. The summed E-state index contributed by atoms with van der Waals surface area (Å²) < 4.78 is 0. The molecule has 1 aromatic heterocycles. The summed E-state index contributed by atoms with van der Waals surface area (Å²) in [7, 11) is 0. The van der Waals surface area contributed by atoms with Crippen molar-refractivity contribution in [3.63, 3.8) is 0 Å². The van der Waals surface area contributed by atoms with Crippen molar-refractivity contribution >= 4 is 11.3 Å². The summed E-state index contributed by atoms with van der Waals surface area (Å²) in [5.41, 5.74) is 1.25. The van der Waals surface area contributed by atoms with Crippen LogP contribution >= 0.6 is 11.3 Å². The third-order valence-electron chi connectivity index (χ3n) is 2.87. The Morgan fingerprint density at radius 2 is 2.06 bits per heavy atom. The number of hydrogen-bond donors (Lipinski definition) is 1. The lowest BCUT2D eigenvalue weighted by atomic mass is 9.93. The summed E-state index contributed by atoms with van der Waals surface area (Å²) in [6, 6.07) is 0. The predicted molar refractivity (Wildman–Crippen MR) is 74.7 cm³/mol. The summed E-state index contributed by atoms with van der Waals surface area (Å²) in [6.07, 6.45) is 4.93. The number of hydrogen-bond acceptors (Lipinski definition) is 3. The highest BCUT2D eigenvalue weighted by molar-refractivity contribution is 7.09. The van der Waals surface area contributed by atoms with Gasteiger partial charge in [0.2, 0.25) is 0 Å². The second kappa shape index (κ2) is 6.50. The van der Waals surface area contributed by atoms with E-state index >= 15 is 0 Å². The van der Waals surface area contributed by atoms with Crippen LogP contribution in [0.3, 0.4) is 0 Å². The Morgan fingerprint density at radius 1 is 1.35 bits per heavy atom. The fourth-order valence-corrected chi connectivity index (χ4v) is 2.78. The summed E-state index contributed by atoms with van der Waals surface area (Å²) in [5.74, 6) is 0. The minimum absolute atomic E-state index is 0.113. The molecule has 2 nitrogen and oxygen atoms in total. The molecule has 1 aromatic rings. The topological polar surface area (TPSA) is 33.1 Å². The van der Waals surface area contributed by atoms with E-state index < -0.39 is 0 Å². The molecule has 0 fully saturated rings. The largest absolute Gasteiger partial charge is 0.393 e. The van der Waals surface area contributed by atoms with Crippen molar-refractivity contribution in [2.75, 3.05) is 0 Å². The number of unbranched alkanes of at least 4 members (excludes halogenated alkanes) is 2. The van der Waals surface area contributed by atoms with Gasteiger partial charge < -0.3 is 5.11 Å². The molecule has 1 unspecified atom stereocenters. The molecule has 0 aliphatic heterocycles. The standard InChI is InChI=1S/C14H25NOS/c1-5-6-7-8-11(16)9-13-15-12(10-17-13)14(2,3)4/h10-11,16H,5-9H2,1-4H3. The lowest BCUT2D eigenvalue weighted by Crippen LogP contribution is -2.13. The van der Waals surface area contributed by atoms with E-state index in [2.05, 4.69) is 38.1 Å². The van der Waals surface area contributed by atoms with Crippen LogP contribution in [0.2, 0.25) is 0 Å². The van der Waals surface area contributed by atoms with Gasteiger partial charge in [-0.15, -0.1) is 11.3 Å². The Labute approximate surface area is 109 Å². The molecule has 0 aliphatic rings. The molecule has 1 rings (SSSR count). The zero-order chi connectivity index (χ0) is 12.9. The first kappa shape index (κ1) is 14.7. The van der Waals surface area contributed by atoms with Gasteiger partial charge in [-0.2, -0.15) is 0 Å². The van der Waals surface area contributed by atoms with Gasteiger partial charge in [0, 0.05) is 17.2 Å². The first-order valence-electron chi connectivity index (χ1n) is 6.56. The average molecular weight is 255 g/mol. The fourth-order valence-electron chi connectivity index (χ4n) is 1.68. The molecule has 3 heteroatoms. The Bertz CT molecular complexity index is 327. The van der Waals surface area contributed by atoms with E-state index in [4.69, 9.17) is 0 Å². The van der Waals surface area contributed by atoms with Crippen molar-refractivity contribution in [2.24, 2.45) is 0 Å². The molecule has 1 N–H and O–H groups in total. The maximum absolute atomic E-state index is 9.91. The minimum atomic E-state index is -0.222. The predicted octanol–water partition coefficient (Wildman–Crippen LogP) is 3.92. The Kier molecular flexibility index (Phi) is 5.60. The van der Waals surface area contributed by atoms with Crippen LogP contribution < -0.4 is 0 Å². The smallest absolute Gasteiger partial charge is 0.0954 e. The first-order valence-corrected chi connectivity index (χ1v) is 7.44. The van der Waals surface area contributed by atoms with E-state index in [-0.39, 0.29) is 11.5 Å². The highest BCUT2D eigenvalue weighted by Crippen LogP contribution is 2.24. The van der Waals surface area contributed by atoms with Crippen molar-refractivity contribution in [2.45, 2.75) is 71.3 Å².